The first kappa shape index (κ1) is 13.1. The fourth-order valence-electron chi connectivity index (χ4n) is 1.45. The molecule has 1 unspecified atom stereocenters. The summed E-state index contributed by atoms with van der Waals surface area (Å²) in [7, 11) is 0. The van der Waals surface area contributed by atoms with Gasteiger partial charge in [-0.05, 0) is 38.0 Å². The molecule has 0 amide bonds. The lowest BCUT2D eigenvalue weighted by Crippen LogP contribution is -2.03. The Balaban J connectivity index is 2.51. The molecule has 2 nitrogen and oxygen atoms in total. The van der Waals surface area contributed by atoms with Gasteiger partial charge in [0.05, 0.1) is 6.10 Å². The molecule has 0 radical (unpaired) electrons. The fourth-order valence-corrected chi connectivity index (χ4v) is 1.45. The first-order valence-electron chi connectivity index (χ1n) is 5.36. The van der Waals surface area contributed by atoms with E-state index in [0.29, 0.717) is 26.1 Å². The van der Waals surface area contributed by atoms with Gasteiger partial charge in [0.1, 0.15) is 11.6 Å². The minimum atomic E-state index is -0.976. The Morgan fingerprint density at radius 1 is 1.38 bits per heavy atom. The van der Waals surface area contributed by atoms with Gasteiger partial charge in [-0.1, -0.05) is 0 Å². The molecule has 0 spiro atoms. The third-order valence-electron chi connectivity index (χ3n) is 2.29. The van der Waals surface area contributed by atoms with E-state index in [-0.39, 0.29) is 5.56 Å². The van der Waals surface area contributed by atoms with Crippen LogP contribution in [0.1, 0.15) is 31.4 Å². The number of rotatable bonds is 6. The highest BCUT2D eigenvalue weighted by Crippen LogP contribution is 2.22. The van der Waals surface area contributed by atoms with Crippen LogP contribution in [0, 0.1) is 11.6 Å². The largest absolute Gasteiger partial charge is 0.388 e. The molecule has 1 rings (SSSR count). The highest BCUT2D eigenvalue weighted by Gasteiger charge is 2.13. The van der Waals surface area contributed by atoms with Crippen LogP contribution in [0.3, 0.4) is 0 Å². The van der Waals surface area contributed by atoms with E-state index in [9.17, 15) is 13.9 Å². The van der Waals surface area contributed by atoms with Gasteiger partial charge in [-0.3, -0.25) is 0 Å². The zero-order chi connectivity index (χ0) is 12.0. The molecule has 1 N–H and O–H groups in total. The van der Waals surface area contributed by atoms with Gasteiger partial charge in [0.25, 0.3) is 0 Å². The van der Waals surface area contributed by atoms with Crippen LogP contribution in [-0.4, -0.2) is 18.3 Å². The lowest BCUT2D eigenvalue weighted by molar-refractivity contribution is 0.113. The van der Waals surface area contributed by atoms with Crippen molar-refractivity contribution in [2.75, 3.05) is 13.2 Å². The smallest absolute Gasteiger partial charge is 0.129 e. The van der Waals surface area contributed by atoms with Crippen LogP contribution in [0.4, 0.5) is 8.78 Å². The van der Waals surface area contributed by atoms with Gasteiger partial charge in [0.2, 0.25) is 0 Å². The van der Waals surface area contributed by atoms with E-state index >= 15 is 0 Å². The lowest BCUT2D eigenvalue weighted by Gasteiger charge is -2.11. The van der Waals surface area contributed by atoms with E-state index in [1.165, 1.54) is 0 Å². The fraction of sp³-hybridized carbons (Fsp3) is 0.500. The molecule has 0 aliphatic carbocycles. The number of halogens is 2. The molecular weight excluding hydrogens is 214 g/mol. The summed E-state index contributed by atoms with van der Waals surface area (Å²) in [6.07, 6.45) is 0.00173. The average molecular weight is 230 g/mol. The molecule has 16 heavy (non-hydrogen) atoms. The summed E-state index contributed by atoms with van der Waals surface area (Å²) in [4.78, 5) is 0. The molecule has 0 fully saturated rings. The first-order chi connectivity index (χ1) is 7.65. The summed E-state index contributed by atoms with van der Waals surface area (Å²) in [5, 5.41) is 9.66. The lowest BCUT2D eigenvalue weighted by atomic mass is 10.0. The number of ether oxygens (including phenoxy) is 1. The maximum absolute atomic E-state index is 13.2. The molecule has 1 aromatic carbocycles. The molecule has 0 heterocycles. The van der Waals surface area contributed by atoms with Crippen molar-refractivity contribution < 1.29 is 18.6 Å². The number of hydrogen-bond donors (Lipinski definition) is 1. The number of aliphatic hydroxyl groups is 1. The second kappa shape index (κ2) is 6.55. The van der Waals surface area contributed by atoms with Crippen LogP contribution in [0.25, 0.3) is 0 Å². The SMILES string of the molecule is CCOCCCC(O)c1cc(F)ccc1F. The summed E-state index contributed by atoms with van der Waals surface area (Å²) in [6.45, 7) is 3.01. The first-order valence-corrected chi connectivity index (χ1v) is 5.36. The Hall–Kier alpha value is -1.00. The van der Waals surface area contributed by atoms with Crippen molar-refractivity contribution in [3.8, 4) is 0 Å². The zero-order valence-electron chi connectivity index (χ0n) is 9.25. The standard InChI is InChI=1S/C12H16F2O2/c1-2-16-7-3-4-12(15)10-8-9(13)5-6-11(10)14/h5-6,8,12,15H,2-4,7H2,1H3. The Bertz CT molecular complexity index is 329. The van der Waals surface area contributed by atoms with Crippen molar-refractivity contribution in [3.63, 3.8) is 0 Å². The second-order valence-electron chi connectivity index (χ2n) is 3.52. The van der Waals surface area contributed by atoms with Crippen molar-refractivity contribution in [3.05, 3.63) is 35.4 Å². The summed E-state index contributed by atoms with van der Waals surface area (Å²) in [5.74, 6) is -1.12. The molecule has 0 aliphatic rings. The van der Waals surface area contributed by atoms with Crippen LogP contribution in [-0.2, 0) is 4.74 Å². The van der Waals surface area contributed by atoms with Gasteiger partial charge < -0.3 is 9.84 Å². The molecule has 0 aromatic heterocycles. The number of aliphatic hydroxyl groups excluding tert-OH is 1. The molecule has 0 aliphatic heterocycles. The Morgan fingerprint density at radius 2 is 2.12 bits per heavy atom. The molecule has 0 saturated carbocycles. The molecule has 0 saturated heterocycles. The Morgan fingerprint density at radius 3 is 2.81 bits per heavy atom. The normalized spacial score (nSPS) is 12.8. The third-order valence-corrected chi connectivity index (χ3v) is 2.29. The molecule has 90 valence electrons. The quantitative estimate of drug-likeness (QED) is 0.761. The van der Waals surface area contributed by atoms with Gasteiger partial charge in [0.15, 0.2) is 0 Å². The van der Waals surface area contributed by atoms with E-state index in [1.807, 2.05) is 6.92 Å². The van der Waals surface area contributed by atoms with Gasteiger partial charge in [-0.25, -0.2) is 8.78 Å². The molecule has 1 atom stereocenters. The zero-order valence-corrected chi connectivity index (χ0v) is 9.25. The van der Waals surface area contributed by atoms with Gasteiger partial charge in [-0.15, -0.1) is 0 Å². The van der Waals surface area contributed by atoms with E-state index in [0.717, 1.165) is 18.2 Å². The molecule has 1 aromatic rings. The number of benzene rings is 1. The van der Waals surface area contributed by atoms with Crippen molar-refractivity contribution in [1.29, 1.82) is 0 Å². The molecular formula is C12H16F2O2. The van der Waals surface area contributed by atoms with Crippen molar-refractivity contribution in [1.82, 2.24) is 0 Å². The highest BCUT2D eigenvalue weighted by atomic mass is 19.1. The van der Waals surface area contributed by atoms with E-state index < -0.39 is 17.7 Å². The second-order valence-corrected chi connectivity index (χ2v) is 3.52. The van der Waals surface area contributed by atoms with Crippen LogP contribution in [0.2, 0.25) is 0 Å². The van der Waals surface area contributed by atoms with Crippen LogP contribution >= 0.6 is 0 Å². The molecule has 0 bridgehead atoms. The monoisotopic (exact) mass is 230 g/mol. The summed E-state index contributed by atoms with van der Waals surface area (Å²) in [5.41, 5.74) is 0.0106. The minimum Gasteiger partial charge on any atom is -0.388 e. The van der Waals surface area contributed by atoms with Gasteiger partial charge in [-0.2, -0.15) is 0 Å². The van der Waals surface area contributed by atoms with Crippen LogP contribution < -0.4 is 0 Å². The highest BCUT2D eigenvalue weighted by molar-refractivity contribution is 5.20. The van der Waals surface area contributed by atoms with E-state index in [4.69, 9.17) is 4.74 Å². The van der Waals surface area contributed by atoms with Crippen molar-refractivity contribution in [2.45, 2.75) is 25.9 Å². The van der Waals surface area contributed by atoms with Crippen LogP contribution in [0.15, 0.2) is 18.2 Å². The van der Waals surface area contributed by atoms with E-state index in [1.54, 1.807) is 0 Å². The Kier molecular flexibility index (Phi) is 5.35. The van der Waals surface area contributed by atoms with Crippen molar-refractivity contribution >= 4 is 0 Å². The van der Waals surface area contributed by atoms with Gasteiger partial charge >= 0.3 is 0 Å². The summed E-state index contributed by atoms with van der Waals surface area (Å²) in [6, 6.07) is 3.09. The summed E-state index contributed by atoms with van der Waals surface area (Å²) < 4.78 is 31.2. The predicted octanol–water partition coefficient (Wildman–Crippen LogP) is 2.81. The molecule has 4 heteroatoms. The number of hydrogen-bond acceptors (Lipinski definition) is 2. The maximum atomic E-state index is 13.2. The maximum Gasteiger partial charge on any atom is 0.129 e. The average Bonchev–Trinajstić information content (AvgIpc) is 2.27. The van der Waals surface area contributed by atoms with Gasteiger partial charge in [0, 0.05) is 18.8 Å². The van der Waals surface area contributed by atoms with Crippen molar-refractivity contribution in [2.24, 2.45) is 0 Å². The van der Waals surface area contributed by atoms with Crippen LogP contribution in [0.5, 0.6) is 0 Å². The predicted molar refractivity (Wildman–Crippen MR) is 57.0 cm³/mol. The topological polar surface area (TPSA) is 29.5 Å². The summed E-state index contributed by atoms with van der Waals surface area (Å²) >= 11 is 0. The Labute approximate surface area is 93.9 Å². The third kappa shape index (κ3) is 3.87. The van der Waals surface area contributed by atoms with E-state index in [2.05, 4.69) is 0 Å². The minimum absolute atomic E-state index is 0.0106.